The number of carboxylic acid groups (broad SMARTS) is 1. The Morgan fingerprint density at radius 2 is 0.716 bits per heavy atom. The van der Waals surface area contributed by atoms with Crippen LogP contribution < -0.4 is 112 Å². The molecule has 42 nitrogen and oxygen atoms in total. The maximum absolute atomic E-state index is 14.3. The van der Waals surface area contributed by atoms with Crippen molar-refractivity contribution < 1.29 is 223 Å². The molecule has 0 spiro atoms. The zero-order valence-corrected chi connectivity index (χ0v) is 86.8. The number of sulfonamides is 2. The van der Waals surface area contributed by atoms with Gasteiger partial charge in [0.15, 0.2) is 22.3 Å². The van der Waals surface area contributed by atoms with Crippen molar-refractivity contribution in [3.05, 3.63) is 249 Å². The van der Waals surface area contributed by atoms with Gasteiger partial charge in [-0.25, -0.2) is 40.0 Å². The van der Waals surface area contributed by atoms with Crippen molar-refractivity contribution in [2.24, 2.45) is 0 Å². The Morgan fingerprint density at radius 3 is 1.04 bits per heavy atom. The summed E-state index contributed by atoms with van der Waals surface area (Å²) in [4.78, 5) is 84.5. The molecule has 0 bridgehead atoms. The standard InChI is InChI=1S/C27H24F5N5O5S.C16H15N3O.C9H11F3N2O3S.C8H5F3N2O5.C8H9F3N2O.C7H2ClF3N2O4.CCl2O.CH3ClO2S.CH2O2.CH3O.CH3.H3N.Na.Pd/c1-14-11-23(34-15(2)33-14)42-22-10-9-19(17-7-5-6-8-18(17)22)35-25(38)36-20-12-16(26(28,29)27(30,31)32)13-21(24(20)41-3)37-43(4,39)40;1-10-9-16(19-11(2)18-10)20-15-8-7-14(17)12-5-3-4-6-13(12)15;1-17-8-6(13)3-5(9(10,11)12)4-7(8)14-18(2,15)16;1-18-7-5(12(14)15)2-4(8(9,10)11)3-6(7)13(16)17;1-14-7-5(12)2-4(3-6(7)13)8(9,10)11;8-6-4(12(14)15)1-3(7(9,10)11)2-5(6)13(16)17;2-1(3)4;1-5(2,3)4;2-1-3;1-2;;;;/h5-13,37H,1-4H3,(H2,35,36,38);3-9H,17H2,1-2H3;3-4,14H,13H2,1-2H3;2-3H,1H3;2-3H,12-13H2,1H3;1-2H;;1H3;1H,(H,2,3);1H3;2*1H3;;/q;;;;;;;;;2*-1;;+1;. The van der Waals surface area contributed by atoms with E-state index in [1.54, 1.807) is 50.2 Å². The number of hydrogen-bond donors (Lipinski definition) is 10. The number of amides is 2. The number of carbonyl (C=O) groups excluding carboxylic acids is 2. The van der Waals surface area contributed by atoms with E-state index in [-0.39, 0.29) is 146 Å². The molecule has 148 heavy (non-hydrogen) atoms. The summed E-state index contributed by atoms with van der Waals surface area (Å²) in [6, 6.07) is 28.0. The molecule has 68 heteroatoms. The van der Waals surface area contributed by atoms with Gasteiger partial charge in [0.25, 0.3) is 23.6 Å². The number of nitrogens with zero attached hydrogens (tertiary/aromatic N) is 8. The molecule has 0 unspecified atom stereocenters. The van der Waals surface area contributed by atoms with Crippen LogP contribution >= 0.6 is 45.5 Å². The SMILES string of the molecule is COc1c(N)cc(C(F)(F)F)cc1N.COc1c(N)cc(C(F)(F)F)cc1NS(C)(=O)=O.COc1c(NC(=O)Nc2ccc(Oc3cc(C)nc(C)n3)c3ccccc23)cc(C(F)(F)C(F)(F)F)cc1NS(C)(=O)=O.COc1c([N+](=O)[O-])cc(C(F)(F)F)cc1[N+](=O)[O-].CS(=O)(=O)Cl.C[O-].Cc1cc(Oc2ccc(N)c3ccccc23)nc(C)n1.N.O=C(Cl)Cl.O=CO.O=[N+]([O-])c1cc(C(F)(F)F)cc([N+](=O)[O-])c1Cl.[CH3-].[Na+].[Pd]. The monoisotopic (exact) mass is 2370 g/mol. The Bertz CT molecular complexity index is 6730. The van der Waals surface area contributed by atoms with Gasteiger partial charge >= 0.3 is 88.5 Å². The molecule has 11 aromatic rings. The summed E-state index contributed by atoms with van der Waals surface area (Å²) in [5.74, 6) is -3.66. The number of anilines is 8. The van der Waals surface area contributed by atoms with Gasteiger partial charge in [-0.3, -0.25) is 59.5 Å². The van der Waals surface area contributed by atoms with Gasteiger partial charge in [-0.05, 0) is 112 Å². The number of urea groups is 1. The van der Waals surface area contributed by atoms with Crippen LogP contribution in [0.5, 0.6) is 46.3 Å². The van der Waals surface area contributed by atoms with Crippen LogP contribution in [-0.4, -0.2) is 148 Å². The third-order valence-electron chi connectivity index (χ3n) is 16.3. The molecule has 2 aromatic heterocycles. The first-order valence-electron chi connectivity index (χ1n) is 37.3. The van der Waals surface area contributed by atoms with Crippen LogP contribution in [0.1, 0.15) is 50.9 Å². The maximum atomic E-state index is 14.3. The molecule has 812 valence electrons. The van der Waals surface area contributed by atoms with Crippen molar-refractivity contribution in [2.75, 3.05) is 97.3 Å². The average molecular weight is 2370 g/mol. The molecular formula is C80H80Cl4F17N17NaO25PdS3-. The number of methoxy groups -OCH3 is 4. The number of aromatic nitrogens is 4. The van der Waals surface area contributed by atoms with Crippen molar-refractivity contribution in [2.45, 2.75) is 64.5 Å². The van der Waals surface area contributed by atoms with Crippen molar-refractivity contribution in [3.8, 4) is 46.3 Å². The first-order valence-corrected chi connectivity index (χ1v) is 45.0. The summed E-state index contributed by atoms with van der Waals surface area (Å²) < 4.78 is 315. The number of ether oxygens (including phenoxy) is 6. The fourth-order valence-corrected chi connectivity index (χ4v) is 12.4. The molecule has 0 atom stereocenters. The first kappa shape index (κ1) is 139. The molecule has 0 fully saturated rings. The molecule has 16 N–H and O–H groups in total. The van der Waals surface area contributed by atoms with E-state index in [1.807, 2.05) is 65.8 Å². The van der Waals surface area contributed by atoms with Gasteiger partial charge in [-0.1, -0.05) is 60.1 Å². The quantitative estimate of drug-likeness (QED) is 0.00525. The van der Waals surface area contributed by atoms with E-state index in [9.17, 15) is 145 Å². The second-order valence-electron chi connectivity index (χ2n) is 27.1. The van der Waals surface area contributed by atoms with E-state index >= 15 is 0 Å². The van der Waals surface area contributed by atoms with Gasteiger partial charge in [0.1, 0.15) is 23.1 Å². The molecule has 0 aliphatic heterocycles. The van der Waals surface area contributed by atoms with E-state index in [1.165, 1.54) is 20.3 Å². The zero-order chi connectivity index (χ0) is 111. The van der Waals surface area contributed by atoms with Crippen LogP contribution in [0.2, 0.25) is 5.02 Å². The van der Waals surface area contributed by atoms with Gasteiger partial charge in [0.05, 0.1) is 129 Å². The Morgan fingerprint density at radius 1 is 0.432 bits per heavy atom. The van der Waals surface area contributed by atoms with E-state index in [4.69, 9.17) is 78.0 Å². The van der Waals surface area contributed by atoms with Gasteiger partial charge in [0, 0.05) is 112 Å². The molecule has 0 aliphatic rings. The van der Waals surface area contributed by atoms with E-state index in [0.29, 0.717) is 64.2 Å². The number of carbonyl (C=O) groups is 3. The number of rotatable bonds is 19. The molecule has 2 amide bonds. The number of benzene rings is 9. The maximum Gasteiger partial charge on any atom is 1.00 e. The summed E-state index contributed by atoms with van der Waals surface area (Å²) in [7, 11) is -1.48. The summed E-state index contributed by atoms with van der Waals surface area (Å²) in [5.41, 5.74) is 11.1. The molecule has 2 heterocycles. The van der Waals surface area contributed by atoms with Crippen LogP contribution in [0, 0.1) is 75.6 Å². The predicted octanol–water partition coefficient (Wildman–Crippen LogP) is 17.6. The number of halogens is 21. The topological polar surface area (TPSA) is 664 Å². The van der Waals surface area contributed by atoms with Crippen molar-refractivity contribution in [1.82, 2.24) is 26.1 Å². The van der Waals surface area contributed by atoms with Gasteiger partial charge in [-0.15, -0.1) is 0 Å². The number of aryl methyl sites for hydroxylation is 4. The van der Waals surface area contributed by atoms with Crippen molar-refractivity contribution in [1.29, 1.82) is 0 Å². The molecule has 0 saturated carbocycles. The Hall–Kier alpha value is -13.3. The summed E-state index contributed by atoms with van der Waals surface area (Å²) in [5, 5.41) is 63.8. The number of fused-ring (bicyclic) bond motifs is 2. The van der Waals surface area contributed by atoms with Crippen LogP contribution in [0.25, 0.3) is 21.5 Å². The number of nitrogens with one attached hydrogen (secondary N) is 4. The largest absolute Gasteiger partial charge is 1.00 e. The number of nitrogen functional groups attached to an aromatic ring is 4. The Labute approximate surface area is 881 Å². The Balaban J connectivity index is -0.00000173. The normalized spacial score (nSPS) is 10.9. The summed E-state index contributed by atoms with van der Waals surface area (Å²) >= 11 is 14.1. The number of alkyl halides is 17. The zero-order valence-electron chi connectivity index (χ0n) is 77.8. The molecule has 9 aromatic carbocycles. The van der Waals surface area contributed by atoms with Crippen molar-refractivity contribution >= 4 is 182 Å². The minimum Gasteiger partial charge on any atom is -0.857 e. The van der Waals surface area contributed by atoms with Gasteiger partial charge in [0.2, 0.25) is 40.9 Å². The molecule has 11 rings (SSSR count). The van der Waals surface area contributed by atoms with E-state index < -0.39 is 175 Å². The number of nitro benzene ring substituents is 4. The van der Waals surface area contributed by atoms with Crippen LogP contribution in [-0.2, 0) is 84.9 Å². The fraction of sp³-hybridized carbons (Fsp3) is 0.225. The minimum atomic E-state index is -6.02. The van der Waals surface area contributed by atoms with Crippen LogP contribution in [0.15, 0.2) is 146 Å². The Kier molecular flexibility index (Phi) is 55.3. The predicted molar refractivity (Wildman–Crippen MR) is 502 cm³/mol. The third kappa shape index (κ3) is 44.4. The van der Waals surface area contributed by atoms with E-state index in [2.05, 4.69) is 69.2 Å². The van der Waals surface area contributed by atoms with Crippen molar-refractivity contribution in [3.63, 3.8) is 0 Å². The smallest absolute Gasteiger partial charge is 0.857 e. The first-order chi connectivity index (χ1) is 66.0. The molecule has 0 radical (unpaired) electrons. The second-order valence-corrected chi connectivity index (χ2v) is 34.9. The van der Waals surface area contributed by atoms with Crippen LogP contribution in [0.4, 0.5) is 152 Å². The van der Waals surface area contributed by atoms with Gasteiger partial charge < -0.3 is 85.8 Å². The second kappa shape index (κ2) is 59.0. The number of hydrogen-bond acceptors (Lipinski definition) is 33. The summed E-state index contributed by atoms with van der Waals surface area (Å²) in [6.45, 7) is 7.00. The summed E-state index contributed by atoms with van der Waals surface area (Å²) in [6.07, 6.45) is -22.6. The minimum absolute atomic E-state index is 0. The molecule has 0 saturated heterocycles. The number of nitrogens with two attached hydrogens (primary N) is 4. The fourth-order valence-electron chi connectivity index (χ4n) is 11.0. The van der Waals surface area contributed by atoms with Crippen LogP contribution in [0.3, 0.4) is 0 Å². The molecule has 0 aliphatic carbocycles. The van der Waals surface area contributed by atoms with Gasteiger partial charge in [-0.2, -0.15) is 91.7 Å². The average Bonchev–Trinajstić information content (AvgIpc) is 0.761. The molecular weight excluding hydrogens is 2290 g/mol. The third-order valence-corrected chi connectivity index (χ3v) is 17.8. The number of nitro groups is 4. The van der Waals surface area contributed by atoms with E-state index in [0.717, 1.165) is 73.9 Å².